The number of nitrogens with zero attached hydrogens (tertiary/aromatic N) is 4. The van der Waals surface area contributed by atoms with Gasteiger partial charge in [0.1, 0.15) is 0 Å². The standard InChI is InChI=1S/C18H14N4O2/c19-21-20-18(14-8-9-14)17-11-10-16(22(23)24)12-15(17)7-6-13-4-2-1-3-5-13/h1-5,10-12,14,18H,8-9H2. The molecule has 2 aromatic rings. The number of nitro groups is 1. The van der Waals surface area contributed by atoms with Crippen LogP contribution >= 0.6 is 0 Å². The monoisotopic (exact) mass is 318 g/mol. The molecule has 0 aromatic heterocycles. The van der Waals surface area contributed by atoms with E-state index in [0.29, 0.717) is 11.5 Å². The number of azide groups is 1. The maximum atomic E-state index is 11.1. The Morgan fingerprint density at radius 1 is 1.21 bits per heavy atom. The van der Waals surface area contributed by atoms with Gasteiger partial charge in [0.2, 0.25) is 0 Å². The van der Waals surface area contributed by atoms with Crippen LogP contribution in [0.4, 0.5) is 5.69 Å². The smallest absolute Gasteiger partial charge is 0.258 e. The first-order valence-corrected chi connectivity index (χ1v) is 7.58. The molecule has 6 heteroatoms. The number of non-ortho nitro benzene ring substituents is 1. The predicted molar refractivity (Wildman–Crippen MR) is 90.1 cm³/mol. The molecule has 118 valence electrons. The first kappa shape index (κ1) is 15.6. The number of benzene rings is 2. The van der Waals surface area contributed by atoms with Crippen molar-refractivity contribution in [3.8, 4) is 11.8 Å². The molecule has 0 bridgehead atoms. The van der Waals surface area contributed by atoms with Crippen molar-refractivity contribution in [2.24, 2.45) is 11.0 Å². The zero-order chi connectivity index (χ0) is 16.9. The minimum Gasteiger partial charge on any atom is -0.258 e. The molecule has 0 N–H and O–H groups in total. The van der Waals surface area contributed by atoms with Gasteiger partial charge in [-0.1, -0.05) is 41.2 Å². The molecule has 1 unspecified atom stereocenters. The molecular formula is C18H14N4O2. The molecule has 1 aliphatic carbocycles. The van der Waals surface area contributed by atoms with Crippen LogP contribution in [0.5, 0.6) is 0 Å². The molecular weight excluding hydrogens is 304 g/mol. The zero-order valence-electron chi connectivity index (χ0n) is 12.8. The van der Waals surface area contributed by atoms with E-state index in [2.05, 4.69) is 21.9 Å². The fraction of sp³-hybridized carbons (Fsp3) is 0.222. The highest BCUT2D eigenvalue weighted by molar-refractivity contribution is 5.52. The highest BCUT2D eigenvalue weighted by Crippen LogP contribution is 2.44. The summed E-state index contributed by atoms with van der Waals surface area (Å²) >= 11 is 0. The van der Waals surface area contributed by atoms with Crippen LogP contribution in [0.2, 0.25) is 0 Å². The van der Waals surface area contributed by atoms with E-state index in [-0.39, 0.29) is 11.7 Å². The van der Waals surface area contributed by atoms with Gasteiger partial charge >= 0.3 is 0 Å². The van der Waals surface area contributed by atoms with E-state index in [4.69, 9.17) is 5.53 Å². The largest absolute Gasteiger partial charge is 0.270 e. The molecule has 6 nitrogen and oxygen atoms in total. The quantitative estimate of drug-likeness (QED) is 0.203. The summed E-state index contributed by atoms with van der Waals surface area (Å²) in [6, 6.07) is 13.6. The van der Waals surface area contributed by atoms with Crippen LogP contribution in [0, 0.1) is 27.9 Å². The van der Waals surface area contributed by atoms with Gasteiger partial charge in [0.25, 0.3) is 5.69 Å². The number of hydrogen-bond donors (Lipinski definition) is 0. The summed E-state index contributed by atoms with van der Waals surface area (Å²) in [5.41, 5.74) is 10.9. The van der Waals surface area contributed by atoms with E-state index >= 15 is 0 Å². The SMILES string of the molecule is [N-]=[N+]=NC(c1ccc([N+](=O)[O-])cc1C#Cc1ccccc1)C1CC1. The van der Waals surface area contributed by atoms with Crippen molar-refractivity contribution in [3.63, 3.8) is 0 Å². The van der Waals surface area contributed by atoms with Crippen molar-refractivity contribution < 1.29 is 4.92 Å². The average molecular weight is 318 g/mol. The first-order valence-electron chi connectivity index (χ1n) is 7.58. The summed E-state index contributed by atoms with van der Waals surface area (Å²) in [5.74, 6) is 6.32. The fourth-order valence-corrected chi connectivity index (χ4v) is 2.56. The maximum absolute atomic E-state index is 11.1. The number of hydrogen-bond acceptors (Lipinski definition) is 3. The molecule has 1 aliphatic rings. The Balaban J connectivity index is 2.06. The second-order valence-corrected chi connectivity index (χ2v) is 5.63. The minimum atomic E-state index is -0.447. The molecule has 1 fully saturated rings. The number of rotatable bonds is 4. The summed E-state index contributed by atoms with van der Waals surface area (Å²) in [5, 5.41) is 14.9. The van der Waals surface area contributed by atoms with E-state index in [1.165, 1.54) is 12.1 Å². The van der Waals surface area contributed by atoms with Crippen molar-refractivity contribution in [2.75, 3.05) is 0 Å². The van der Waals surface area contributed by atoms with E-state index < -0.39 is 4.92 Å². The fourth-order valence-electron chi connectivity index (χ4n) is 2.56. The van der Waals surface area contributed by atoms with Crippen LogP contribution in [-0.2, 0) is 0 Å². The summed E-state index contributed by atoms with van der Waals surface area (Å²) < 4.78 is 0. The minimum absolute atomic E-state index is 0.0217. The Kier molecular flexibility index (Phi) is 4.46. The molecule has 1 saturated carbocycles. The van der Waals surface area contributed by atoms with Gasteiger partial charge in [0.15, 0.2) is 0 Å². The molecule has 3 rings (SSSR count). The molecule has 2 aromatic carbocycles. The molecule has 24 heavy (non-hydrogen) atoms. The van der Waals surface area contributed by atoms with E-state index in [0.717, 1.165) is 24.0 Å². The zero-order valence-corrected chi connectivity index (χ0v) is 12.8. The van der Waals surface area contributed by atoms with Gasteiger partial charge in [0.05, 0.1) is 11.0 Å². The molecule has 0 spiro atoms. The van der Waals surface area contributed by atoms with Gasteiger partial charge in [-0.05, 0) is 42.0 Å². The van der Waals surface area contributed by atoms with Gasteiger partial charge in [-0.3, -0.25) is 10.1 Å². The highest BCUT2D eigenvalue weighted by Gasteiger charge is 2.33. The summed E-state index contributed by atoms with van der Waals surface area (Å²) in [7, 11) is 0. The maximum Gasteiger partial charge on any atom is 0.270 e. The first-order chi connectivity index (χ1) is 11.7. The molecule has 0 amide bonds. The summed E-state index contributed by atoms with van der Waals surface area (Å²) in [6.07, 6.45) is 1.98. The summed E-state index contributed by atoms with van der Waals surface area (Å²) in [6.45, 7) is 0. The van der Waals surface area contributed by atoms with Crippen molar-refractivity contribution in [2.45, 2.75) is 18.9 Å². The Morgan fingerprint density at radius 2 is 1.96 bits per heavy atom. The van der Waals surface area contributed by atoms with E-state index in [1.807, 2.05) is 30.3 Å². The lowest BCUT2D eigenvalue weighted by atomic mass is 9.97. The Hall–Kier alpha value is -3.29. The van der Waals surface area contributed by atoms with Gasteiger partial charge in [-0.15, -0.1) is 0 Å². The molecule has 0 heterocycles. The third-order valence-corrected chi connectivity index (χ3v) is 3.93. The molecule has 0 radical (unpaired) electrons. The van der Waals surface area contributed by atoms with Crippen LogP contribution in [0.15, 0.2) is 53.6 Å². The normalized spacial score (nSPS) is 14.0. The Labute approximate surface area is 138 Å². The second kappa shape index (κ2) is 6.86. The van der Waals surface area contributed by atoms with Crippen molar-refractivity contribution >= 4 is 5.69 Å². The van der Waals surface area contributed by atoms with Crippen molar-refractivity contribution in [3.05, 3.63) is 85.8 Å². The molecule has 0 saturated heterocycles. The average Bonchev–Trinajstić information content (AvgIpc) is 3.43. The van der Waals surface area contributed by atoms with Crippen molar-refractivity contribution in [1.82, 2.24) is 0 Å². The van der Waals surface area contributed by atoms with Gasteiger partial charge in [-0.25, -0.2) is 0 Å². The lowest BCUT2D eigenvalue weighted by molar-refractivity contribution is -0.384. The summed E-state index contributed by atoms with van der Waals surface area (Å²) in [4.78, 5) is 13.5. The molecule has 0 aliphatic heterocycles. The van der Waals surface area contributed by atoms with Gasteiger partial charge in [-0.2, -0.15) is 0 Å². The van der Waals surface area contributed by atoms with Crippen molar-refractivity contribution in [1.29, 1.82) is 0 Å². The third kappa shape index (κ3) is 3.54. The predicted octanol–water partition coefficient (Wildman–Crippen LogP) is 4.76. The number of nitro benzene ring substituents is 1. The third-order valence-electron chi connectivity index (χ3n) is 3.93. The second-order valence-electron chi connectivity index (χ2n) is 5.63. The van der Waals surface area contributed by atoms with E-state index in [1.54, 1.807) is 6.07 Å². The van der Waals surface area contributed by atoms with Crippen LogP contribution in [0.1, 0.15) is 35.6 Å². The van der Waals surface area contributed by atoms with Crippen LogP contribution in [0.25, 0.3) is 10.4 Å². The Bertz CT molecular complexity index is 873. The topological polar surface area (TPSA) is 91.9 Å². The lowest BCUT2D eigenvalue weighted by Gasteiger charge is -2.12. The van der Waals surface area contributed by atoms with Gasteiger partial charge < -0.3 is 0 Å². The molecule has 1 atom stereocenters. The van der Waals surface area contributed by atoms with Crippen LogP contribution in [-0.4, -0.2) is 4.92 Å². The van der Waals surface area contributed by atoms with E-state index in [9.17, 15) is 10.1 Å². The Morgan fingerprint density at radius 3 is 2.58 bits per heavy atom. The van der Waals surface area contributed by atoms with Gasteiger partial charge in [0, 0.05) is 28.2 Å². The van der Waals surface area contributed by atoms with Crippen LogP contribution in [0.3, 0.4) is 0 Å². The highest BCUT2D eigenvalue weighted by atomic mass is 16.6. The van der Waals surface area contributed by atoms with Crippen LogP contribution < -0.4 is 0 Å². The lowest BCUT2D eigenvalue weighted by Crippen LogP contribution is -2.01.